The number of nitrogens with one attached hydrogen (secondary N) is 1. The molecule has 4 heteroatoms. The second kappa shape index (κ2) is 4.42. The van der Waals surface area contributed by atoms with E-state index >= 15 is 0 Å². The third-order valence-corrected chi connectivity index (χ3v) is 2.41. The van der Waals surface area contributed by atoms with Crippen LogP contribution in [0.25, 0.3) is 0 Å². The summed E-state index contributed by atoms with van der Waals surface area (Å²) in [7, 11) is 0. The van der Waals surface area contributed by atoms with Gasteiger partial charge in [-0.2, -0.15) is 0 Å². The van der Waals surface area contributed by atoms with Crippen LogP contribution in [0.4, 0.5) is 5.69 Å². The van der Waals surface area contributed by atoms with Crippen molar-refractivity contribution in [2.45, 2.75) is 20.8 Å². The van der Waals surface area contributed by atoms with Crippen molar-refractivity contribution in [3.8, 4) is 0 Å². The third-order valence-electron chi connectivity index (χ3n) is 1.86. The van der Waals surface area contributed by atoms with Crippen LogP contribution in [-0.2, 0) is 4.79 Å². The lowest BCUT2D eigenvalue weighted by molar-refractivity contribution is -0.123. The first-order chi connectivity index (χ1) is 6.80. The van der Waals surface area contributed by atoms with E-state index in [1.54, 1.807) is 18.2 Å². The van der Waals surface area contributed by atoms with E-state index in [1.165, 1.54) is 0 Å². The molecule has 0 spiro atoms. The summed E-state index contributed by atoms with van der Waals surface area (Å²) in [5, 5.41) is 3.74. The first-order valence-electron chi connectivity index (χ1n) is 4.57. The fourth-order valence-electron chi connectivity index (χ4n) is 0.901. The van der Waals surface area contributed by atoms with Crippen molar-refractivity contribution < 1.29 is 4.79 Å². The van der Waals surface area contributed by atoms with Gasteiger partial charge in [-0.05, 0) is 18.2 Å². The third kappa shape index (κ3) is 3.40. The lowest BCUT2D eigenvalue weighted by Gasteiger charge is -2.18. The summed E-state index contributed by atoms with van der Waals surface area (Å²) in [4.78, 5) is 11.7. The van der Waals surface area contributed by atoms with Gasteiger partial charge >= 0.3 is 0 Å². The maximum Gasteiger partial charge on any atom is 0.229 e. The summed E-state index contributed by atoms with van der Waals surface area (Å²) in [5.74, 6) is -0.0771. The van der Waals surface area contributed by atoms with Crippen LogP contribution in [-0.4, -0.2) is 5.91 Å². The smallest absolute Gasteiger partial charge is 0.229 e. The molecule has 0 heterocycles. The zero-order valence-electron chi connectivity index (χ0n) is 8.90. The molecule has 2 nitrogen and oxygen atoms in total. The Morgan fingerprint density at radius 1 is 1.27 bits per heavy atom. The first kappa shape index (κ1) is 12.3. The molecular formula is C11H13Cl2NO. The highest BCUT2D eigenvalue weighted by Crippen LogP contribution is 2.27. The van der Waals surface area contributed by atoms with Crippen LogP contribution in [0.2, 0.25) is 10.0 Å². The number of rotatable bonds is 1. The molecule has 0 bridgehead atoms. The minimum Gasteiger partial charge on any atom is -0.324 e. The maximum atomic E-state index is 11.7. The van der Waals surface area contributed by atoms with Crippen molar-refractivity contribution in [1.82, 2.24) is 0 Å². The van der Waals surface area contributed by atoms with Crippen LogP contribution in [0.5, 0.6) is 0 Å². The molecule has 0 aliphatic carbocycles. The molecule has 0 atom stereocenters. The van der Waals surface area contributed by atoms with Gasteiger partial charge in [0.15, 0.2) is 0 Å². The van der Waals surface area contributed by atoms with E-state index < -0.39 is 5.41 Å². The van der Waals surface area contributed by atoms with Gasteiger partial charge in [-0.1, -0.05) is 44.0 Å². The number of hydrogen-bond acceptors (Lipinski definition) is 1. The van der Waals surface area contributed by atoms with E-state index in [-0.39, 0.29) is 5.91 Å². The summed E-state index contributed by atoms with van der Waals surface area (Å²) in [5.41, 5.74) is 0.143. The minimum atomic E-state index is -0.442. The molecule has 1 aromatic carbocycles. The Hall–Kier alpha value is -0.730. The van der Waals surface area contributed by atoms with Crippen molar-refractivity contribution in [1.29, 1.82) is 0 Å². The highest BCUT2D eigenvalue weighted by molar-refractivity contribution is 6.36. The van der Waals surface area contributed by atoms with Crippen molar-refractivity contribution >= 4 is 34.8 Å². The van der Waals surface area contributed by atoms with E-state index in [2.05, 4.69) is 5.32 Å². The van der Waals surface area contributed by atoms with Crippen LogP contribution in [0, 0.1) is 5.41 Å². The molecule has 15 heavy (non-hydrogen) atoms. The Morgan fingerprint density at radius 3 is 2.33 bits per heavy atom. The Balaban J connectivity index is 2.87. The molecule has 1 N–H and O–H groups in total. The van der Waals surface area contributed by atoms with Gasteiger partial charge in [-0.25, -0.2) is 0 Å². The zero-order chi connectivity index (χ0) is 11.6. The SMILES string of the molecule is CC(C)(C)C(=O)Nc1ccc(Cl)cc1Cl. The van der Waals surface area contributed by atoms with Crippen molar-refractivity contribution in [3.05, 3.63) is 28.2 Å². The number of benzene rings is 1. The molecule has 1 amide bonds. The molecule has 0 aromatic heterocycles. The molecule has 0 saturated carbocycles. The quantitative estimate of drug-likeness (QED) is 0.797. The molecule has 0 aliphatic heterocycles. The van der Waals surface area contributed by atoms with Gasteiger partial charge in [-0.3, -0.25) is 4.79 Å². The molecule has 0 fully saturated rings. The largest absolute Gasteiger partial charge is 0.324 e. The zero-order valence-corrected chi connectivity index (χ0v) is 10.4. The summed E-state index contributed by atoms with van der Waals surface area (Å²) in [6, 6.07) is 4.97. The van der Waals surface area contributed by atoms with Crippen LogP contribution in [0.15, 0.2) is 18.2 Å². The summed E-state index contributed by atoms with van der Waals surface area (Å²) >= 11 is 11.7. The average molecular weight is 246 g/mol. The lowest BCUT2D eigenvalue weighted by atomic mass is 9.95. The fourth-order valence-corrected chi connectivity index (χ4v) is 1.36. The summed E-state index contributed by atoms with van der Waals surface area (Å²) in [6.45, 7) is 5.52. The maximum absolute atomic E-state index is 11.7. The predicted octanol–water partition coefficient (Wildman–Crippen LogP) is 3.98. The minimum absolute atomic E-state index is 0.0771. The number of halogens is 2. The normalized spacial score (nSPS) is 11.3. The molecular weight excluding hydrogens is 233 g/mol. The van der Waals surface area contributed by atoms with Crippen molar-refractivity contribution in [3.63, 3.8) is 0 Å². The van der Waals surface area contributed by atoms with E-state index in [9.17, 15) is 4.79 Å². The van der Waals surface area contributed by atoms with Gasteiger partial charge in [0.05, 0.1) is 10.7 Å². The molecule has 0 saturated heterocycles. The molecule has 82 valence electrons. The molecule has 0 radical (unpaired) electrons. The second-order valence-electron chi connectivity index (χ2n) is 4.33. The highest BCUT2D eigenvalue weighted by atomic mass is 35.5. The first-order valence-corrected chi connectivity index (χ1v) is 5.33. The number of hydrogen-bond donors (Lipinski definition) is 1. The average Bonchev–Trinajstić information content (AvgIpc) is 2.08. The Morgan fingerprint density at radius 2 is 1.87 bits per heavy atom. The van der Waals surface area contributed by atoms with Gasteiger partial charge in [0.1, 0.15) is 0 Å². The van der Waals surface area contributed by atoms with E-state index in [0.29, 0.717) is 15.7 Å². The Bertz CT molecular complexity index is 383. The van der Waals surface area contributed by atoms with Crippen molar-refractivity contribution in [2.24, 2.45) is 5.41 Å². The van der Waals surface area contributed by atoms with Gasteiger partial charge in [0.2, 0.25) is 5.91 Å². The molecule has 1 rings (SSSR count). The summed E-state index contributed by atoms with van der Waals surface area (Å²) in [6.07, 6.45) is 0. The monoisotopic (exact) mass is 245 g/mol. The standard InChI is InChI=1S/C11H13Cl2NO/c1-11(2,3)10(15)14-9-5-4-7(12)6-8(9)13/h4-6H,1-3H3,(H,14,15). The number of carbonyl (C=O) groups excluding carboxylic acids is 1. The number of carbonyl (C=O) groups is 1. The molecule has 0 unspecified atom stereocenters. The topological polar surface area (TPSA) is 29.1 Å². The van der Waals surface area contributed by atoms with Crippen LogP contribution in [0.3, 0.4) is 0 Å². The van der Waals surface area contributed by atoms with Gasteiger partial charge in [-0.15, -0.1) is 0 Å². The molecule has 0 aliphatic rings. The number of amides is 1. The van der Waals surface area contributed by atoms with E-state index in [0.717, 1.165) is 0 Å². The van der Waals surface area contributed by atoms with Gasteiger partial charge in [0.25, 0.3) is 0 Å². The van der Waals surface area contributed by atoms with E-state index in [4.69, 9.17) is 23.2 Å². The summed E-state index contributed by atoms with van der Waals surface area (Å²) < 4.78 is 0. The number of anilines is 1. The van der Waals surface area contributed by atoms with Gasteiger partial charge in [0, 0.05) is 10.4 Å². The predicted molar refractivity (Wildman–Crippen MR) is 64.5 cm³/mol. The Kier molecular flexibility index (Phi) is 3.63. The van der Waals surface area contributed by atoms with Crippen LogP contribution < -0.4 is 5.32 Å². The molecule has 1 aromatic rings. The lowest BCUT2D eigenvalue weighted by Crippen LogP contribution is -2.27. The van der Waals surface area contributed by atoms with Crippen LogP contribution in [0.1, 0.15) is 20.8 Å². The highest BCUT2D eigenvalue weighted by Gasteiger charge is 2.21. The Labute approximate surface area is 99.6 Å². The van der Waals surface area contributed by atoms with E-state index in [1.807, 2.05) is 20.8 Å². The van der Waals surface area contributed by atoms with Crippen molar-refractivity contribution in [2.75, 3.05) is 5.32 Å². The van der Waals surface area contributed by atoms with Crippen LogP contribution >= 0.6 is 23.2 Å². The fraction of sp³-hybridized carbons (Fsp3) is 0.364. The second-order valence-corrected chi connectivity index (χ2v) is 5.17. The van der Waals surface area contributed by atoms with Gasteiger partial charge < -0.3 is 5.32 Å².